The number of benzene rings is 1. The third kappa shape index (κ3) is 3.30. The van der Waals surface area contributed by atoms with Gasteiger partial charge in [0.2, 0.25) is 0 Å². The monoisotopic (exact) mass is 390 g/mol. The summed E-state index contributed by atoms with van der Waals surface area (Å²) in [6, 6.07) is 8.39. The van der Waals surface area contributed by atoms with Crippen molar-refractivity contribution in [2.75, 3.05) is 13.1 Å². The summed E-state index contributed by atoms with van der Waals surface area (Å²) in [7, 11) is 0. The number of imidazole rings is 1. The molecule has 2 aliphatic rings. The van der Waals surface area contributed by atoms with Crippen LogP contribution in [0.25, 0.3) is 0 Å². The summed E-state index contributed by atoms with van der Waals surface area (Å²) in [6.45, 7) is 5.96. The topological polar surface area (TPSA) is 73.4 Å². The van der Waals surface area contributed by atoms with Gasteiger partial charge in [-0.2, -0.15) is 0 Å². The number of likely N-dealkylation sites (tertiary alicyclic amines) is 1. The van der Waals surface area contributed by atoms with E-state index in [0.717, 1.165) is 37.4 Å². The van der Waals surface area contributed by atoms with Crippen molar-refractivity contribution in [3.05, 3.63) is 51.2 Å². The zero-order valence-electron chi connectivity index (χ0n) is 15.5. The van der Waals surface area contributed by atoms with Gasteiger partial charge in [0.15, 0.2) is 5.72 Å². The molecule has 0 amide bonds. The molecule has 0 N–H and O–H groups in total. The number of nitro groups is 1. The van der Waals surface area contributed by atoms with Gasteiger partial charge >= 0.3 is 11.8 Å². The Bertz CT molecular complexity index is 845. The third-order valence-corrected chi connectivity index (χ3v) is 6.30. The van der Waals surface area contributed by atoms with Crippen molar-refractivity contribution in [1.82, 2.24) is 14.5 Å². The molecule has 0 aliphatic carbocycles. The van der Waals surface area contributed by atoms with Crippen LogP contribution in [0.3, 0.4) is 0 Å². The van der Waals surface area contributed by atoms with Crippen LogP contribution >= 0.6 is 11.6 Å². The Kier molecular flexibility index (Phi) is 4.60. The van der Waals surface area contributed by atoms with Gasteiger partial charge in [-0.05, 0) is 61.6 Å². The number of piperidine rings is 1. The molecule has 0 saturated carbocycles. The number of ether oxygens (including phenoxy) is 1. The van der Waals surface area contributed by atoms with Gasteiger partial charge in [0.1, 0.15) is 6.20 Å². The molecule has 144 valence electrons. The summed E-state index contributed by atoms with van der Waals surface area (Å²) in [4.78, 5) is 16.8. The van der Waals surface area contributed by atoms with Crippen molar-refractivity contribution in [2.24, 2.45) is 5.92 Å². The second-order valence-corrected chi connectivity index (χ2v) is 8.08. The highest BCUT2D eigenvalue weighted by molar-refractivity contribution is 6.30. The van der Waals surface area contributed by atoms with Crippen LogP contribution in [0.4, 0.5) is 5.82 Å². The molecule has 0 radical (unpaired) electrons. The van der Waals surface area contributed by atoms with E-state index < -0.39 is 10.6 Å². The molecule has 1 saturated heterocycles. The largest absolute Gasteiger partial charge is 0.422 e. The van der Waals surface area contributed by atoms with Crippen LogP contribution in [0.15, 0.2) is 30.5 Å². The van der Waals surface area contributed by atoms with E-state index in [1.165, 1.54) is 11.8 Å². The van der Waals surface area contributed by atoms with E-state index in [9.17, 15) is 10.1 Å². The molecule has 2 unspecified atom stereocenters. The number of hydrogen-bond acceptors (Lipinski definition) is 5. The molecule has 3 heterocycles. The Morgan fingerprint density at radius 3 is 2.59 bits per heavy atom. The smallest absolute Gasteiger partial charge is 0.416 e. The molecule has 27 heavy (non-hydrogen) atoms. The minimum absolute atomic E-state index is 0.0403. The van der Waals surface area contributed by atoms with Crippen molar-refractivity contribution in [1.29, 1.82) is 0 Å². The molecule has 8 heteroatoms. The van der Waals surface area contributed by atoms with Crippen LogP contribution in [-0.2, 0) is 6.42 Å². The number of rotatable bonds is 4. The second kappa shape index (κ2) is 6.80. The van der Waals surface area contributed by atoms with Crippen molar-refractivity contribution in [3.8, 4) is 6.01 Å². The zero-order valence-corrected chi connectivity index (χ0v) is 16.2. The molecular formula is C19H23ClN4O3. The average Bonchev–Trinajstić information content (AvgIpc) is 3.16. The van der Waals surface area contributed by atoms with Gasteiger partial charge in [-0.15, -0.1) is 0 Å². The molecule has 2 aliphatic heterocycles. The molecule has 1 fully saturated rings. The Morgan fingerprint density at radius 2 is 2.00 bits per heavy atom. The second-order valence-electron chi connectivity index (χ2n) is 7.64. The first kappa shape index (κ1) is 18.3. The fraction of sp³-hybridized carbons (Fsp3) is 0.526. The Morgan fingerprint density at radius 1 is 1.33 bits per heavy atom. The molecule has 0 spiro atoms. The Labute approximate surface area is 163 Å². The molecule has 1 aromatic carbocycles. The summed E-state index contributed by atoms with van der Waals surface area (Å²) in [5.74, 6) is 0.474. The van der Waals surface area contributed by atoms with Crippen molar-refractivity contribution in [3.63, 3.8) is 0 Å². The molecular weight excluding hydrogens is 368 g/mol. The first-order valence-corrected chi connectivity index (χ1v) is 9.66. The first-order valence-electron chi connectivity index (χ1n) is 9.28. The highest BCUT2D eigenvalue weighted by atomic mass is 35.5. The number of hydrogen-bond donors (Lipinski definition) is 0. The number of fused-ring (bicyclic) bond motifs is 1. The molecule has 7 nitrogen and oxygen atoms in total. The maximum atomic E-state index is 10.9. The van der Waals surface area contributed by atoms with E-state index in [4.69, 9.17) is 16.3 Å². The number of aromatic nitrogens is 2. The number of nitrogens with zero attached hydrogens (tertiary/aromatic N) is 4. The predicted molar refractivity (Wildman–Crippen MR) is 102 cm³/mol. The van der Waals surface area contributed by atoms with Crippen molar-refractivity contribution < 1.29 is 9.66 Å². The standard InChI is InChI=1S/C19H23ClN4O3/c1-13-19(2,27-18-21-17(24(25)26)12-23(13)18)22-9-7-15(8-10-22)11-14-3-5-16(20)6-4-14/h3-6,12-13,15H,7-11H2,1-2H3. The lowest BCUT2D eigenvalue weighted by atomic mass is 9.88. The maximum absolute atomic E-state index is 10.9. The fourth-order valence-corrected chi connectivity index (χ4v) is 4.32. The molecule has 0 bridgehead atoms. The van der Waals surface area contributed by atoms with E-state index in [1.54, 1.807) is 4.57 Å². The van der Waals surface area contributed by atoms with Gasteiger partial charge in [-0.1, -0.05) is 23.7 Å². The van der Waals surface area contributed by atoms with Crippen molar-refractivity contribution in [2.45, 2.75) is 44.9 Å². The molecule has 2 aromatic rings. The van der Waals surface area contributed by atoms with Crippen LogP contribution in [0, 0.1) is 16.0 Å². The van der Waals surface area contributed by atoms with E-state index >= 15 is 0 Å². The zero-order chi connectivity index (χ0) is 19.2. The summed E-state index contributed by atoms with van der Waals surface area (Å²) in [5.41, 5.74) is 0.796. The van der Waals surface area contributed by atoms with E-state index in [0.29, 0.717) is 11.9 Å². The Hall–Kier alpha value is -2.12. The van der Waals surface area contributed by atoms with Crippen LogP contribution in [0.5, 0.6) is 6.01 Å². The molecule has 4 rings (SSSR count). The number of halogens is 1. The predicted octanol–water partition coefficient (Wildman–Crippen LogP) is 4.07. The van der Waals surface area contributed by atoms with Crippen LogP contribution in [0.2, 0.25) is 5.02 Å². The van der Waals surface area contributed by atoms with Gasteiger partial charge in [0.05, 0.1) is 6.04 Å². The van der Waals surface area contributed by atoms with Crippen LogP contribution in [0.1, 0.15) is 38.3 Å². The summed E-state index contributed by atoms with van der Waals surface area (Å²) in [5, 5.41) is 11.7. The minimum atomic E-state index is -0.525. The minimum Gasteiger partial charge on any atom is -0.422 e. The normalized spacial score (nSPS) is 26.0. The van der Waals surface area contributed by atoms with E-state index in [1.807, 2.05) is 19.1 Å². The van der Waals surface area contributed by atoms with Crippen LogP contribution < -0.4 is 4.74 Å². The highest BCUT2D eigenvalue weighted by Crippen LogP contribution is 2.43. The first-order chi connectivity index (χ1) is 12.9. The fourth-order valence-electron chi connectivity index (χ4n) is 4.20. The Balaban J connectivity index is 1.39. The van der Waals surface area contributed by atoms with Gasteiger partial charge in [-0.3, -0.25) is 9.47 Å². The molecule has 2 atom stereocenters. The van der Waals surface area contributed by atoms with E-state index in [-0.39, 0.29) is 11.9 Å². The van der Waals surface area contributed by atoms with Gasteiger partial charge in [0.25, 0.3) is 0 Å². The quantitative estimate of drug-likeness (QED) is 0.581. The highest BCUT2D eigenvalue weighted by Gasteiger charge is 2.50. The lowest BCUT2D eigenvalue weighted by Gasteiger charge is -2.43. The van der Waals surface area contributed by atoms with Gasteiger partial charge < -0.3 is 14.9 Å². The lowest BCUT2D eigenvalue weighted by Crippen LogP contribution is -2.55. The maximum Gasteiger partial charge on any atom is 0.416 e. The lowest BCUT2D eigenvalue weighted by molar-refractivity contribution is -0.389. The van der Waals surface area contributed by atoms with Gasteiger partial charge in [-0.25, -0.2) is 0 Å². The summed E-state index contributed by atoms with van der Waals surface area (Å²) < 4.78 is 7.88. The third-order valence-electron chi connectivity index (χ3n) is 6.04. The molecule has 1 aromatic heterocycles. The van der Waals surface area contributed by atoms with Crippen LogP contribution in [-0.4, -0.2) is 38.2 Å². The van der Waals surface area contributed by atoms with E-state index in [2.05, 4.69) is 28.9 Å². The average molecular weight is 391 g/mol. The summed E-state index contributed by atoms with van der Waals surface area (Å²) in [6.07, 6.45) is 4.72. The summed E-state index contributed by atoms with van der Waals surface area (Å²) >= 11 is 5.97. The van der Waals surface area contributed by atoms with Gasteiger partial charge in [0, 0.05) is 23.1 Å². The van der Waals surface area contributed by atoms with Crippen molar-refractivity contribution >= 4 is 17.4 Å². The SMILES string of the molecule is CC1n2cc([N+](=O)[O-])nc2OC1(C)N1CCC(Cc2ccc(Cl)cc2)CC1.